The Morgan fingerprint density at radius 2 is 1.75 bits per heavy atom. The Bertz CT molecular complexity index is 137. The zero-order valence-electron chi connectivity index (χ0n) is 8.09. The molecule has 0 spiro atoms. The first kappa shape index (κ1) is 11.6. The van der Waals surface area contributed by atoms with Gasteiger partial charge >= 0.3 is 0 Å². The lowest BCUT2D eigenvalue weighted by Crippen LogP contribution is -2.42. The maximum Gasteiger partial charge on any atom is 0.161 e. The van der Waals surface area contributed by atoms with Crippen LogP contribution in [0.4, 0.5) is 0 Å². The number of ketones is 1. The summed E-state index contributed by atoms with van der Waals surface area (Å²) in [7, 11) is 0. The third-order valence-corrected chi connectivity index (χ3v) is 1.98. The van der Waals surface area contributed by atoms with Gasteiger partial charge in [-0.05, 0) is 6.92 Å². The van der Waals surface area contributed by atoms with E-state index in [-0.39, 0.29) is 5.78 Å². The lowest BCUT2D eigenvalue weighted by atomic mass is 9.91. The lowest BCUT2D eigenvalue weighted by molar-refractivity contribution is -0.144. The van der Waals surface area contributed by atoms with Crippen LogP contribution in [0.5, 0.6) is 0 Å². The van der Waals surface area contributed by atoms with E-state index in [1.165, 1.54) is 6.92 Å². The third kappa shape index (κ3) is 2.91. The number of Topliss-reactive ketones (excluding diaryl/α,β-unsaturated/α-hetero) is 1. The van der Waals surface area contributed by atoms with Crippen LogP contribution >= 0.6 is 0 Å². The van der Waals surface area contributed by atoms with Gasteiger partial charge in [0.05, 0.1) is 0 Å². The number of hydrogen-bond acceptors (Lipinski definition) is 3. The molecule has 0 bridgehead atoms. The third-order valence-electron chi connectivity index (χ3n) is 1.98. The van der Waals surface area contributed by atoms with E-state index < -0.39 is 5.60 Å². The number of ether oxygens (including phenoxy) is 1. The molecule has 0 saturated carbocycles. The van der Waals surface area contributed by atoms with Crippen LogP contribution in [-0.4, -0.2) is 29.7 Å². The fourth-order valence-electron chi connectivity index (χ4n) is 1.06. The highest BCUT2D eigenvalue weighted by Crippen LogP contribution is 2.20. The van der Waals surface area contributed by atoms with Crippen molar-refractivity contribution in [3.63, 3.8) is 0 Å². The molecule has 0 amide bonds. The van der Waals surface area contributed by atoms with Gasteiger partial charge in [0.15, 0.2) is 5.78 Å². The predicted octanol–water partition coefficient (Wildman–Crippen LogP) is 1.14. The van der Waals surface area contributed by atoms with Gasteiger partial charge in [0.1, 0.15) is 5.60 Å². The minimum absolute atomic E-state index is 0.143. The number of carbonyl (C=O) groups is 1. The summed E-state index contributed by atoms with van der Waals surface area (Å²) in [6, 6.07) is 0. The monoisotopic (exact) mass is 174 g/mol. The van der Waals surface area contributed by atoms with Crippen LogP contribution in [0, 0.1) is 0 Å². The van der Waals surface area contributed by atoms with Gasteiger partial charge < -0.3 is 9.84 Å². The summed E-state index contributed by atoms with van der Waals surface area (Å²) in [6.45, 7) is 6.41. The Hall–Kier alpha value is -0.410. The van der Waals surface area contributed by atoms with Gasteiger partial charge in [-0.15, -0.1) is 0 Å². The average molecular weight is 174 g/mol. The molecule has 3 nitrogen and oxygen atoms in total. The number of carbonyl (C=O) groups excluding carboxylic acids is 1. The van der Waals surface area contributed by atoms with Gasteiger partial charge in [0.2, 0.25) is 0 Å². The molecule has 0 atom stereocenters. The van der Waals surface area contributed by atoms with Crippen LogP contribution < -0.4 is 0 Å². The lowest BCUT2D eigenvalue weighted by Gasteiger charge is -2.29. The largest absolute Gasteiger partial charge is 0.382 e. The quantitative estimate of drug-likeness (QED) is 0.648. The summed E-state index contributed by atoms with van der Waals surface area (Å²) in [5.41, 5.74) is -1.09. The van der Waals surface area contributed by atoms with Crippen molar-refractivity contribution in [3.05, 3.63) is 0 Å². The molecule has 1 aliphatic heterocycles. The van der Waals surface area contributed by atoms with Gasteiger partial charge in [0, 0.05) is 26.1 Å². The molecule has 0 aromatic heterocycles. The van der Waals surface area contributed by atoms with E-state index in [4.69, 9.17) is 4.74 Å². The molecule has 1 saturated heterocycles. The van der Waals surface area contributed by atoms with Crippen molar-refractivity contribution in [1.29, 1.82) is 0 Å². The minimum Gasteiger partial charge on any atom is -0.382 e. The molecule has 12 heavy (non-hydrogen) atoms. The maximum absolute atomic E-state index is 10.8. The van der Waals surface area contributed by atoms with Crippen molar-refractivity contribution < 1.29 is 14.6 Å². The molecule has 1 rings (SSSR count). The van der Waals surface area contributed by atoms with Crippen LogP contribution in [0.15, 0.2) is 0 Å². The molecule has 3 heteroatoms. The van der Waals surface area contributed by atoms with Crippen LogP contribution in [0.3, 0.4) is 0 Å². The predicted molar refractivity (Wildman–Crippen MR) is 47.0 cm³/mol. The standard InChI is InChI=1S/C7H12O3.C2H6/c1-6(8)7(9)2-4-10-5-3-7;1-2/h9H,2-5H2,1H3;1-2H3. The fraction of sp³-hybridized carbons (Fsp3) is 0.889. The Morgan fingerprint density at radius 1 is 1.33 bits per heavy atom. The molecule has 1 fully saturated rings. The zero-order valence-corrected chi connectivity index (χ0v) is 8.09. The summed E-state index contributed by atoms with van der Waals surface area (Å²) in [5.74, 6) is -0.143. The molecule has 1 N–H and O–H groups in total. The second-order valence-electron chi connectivity index (χ2n) is 2.70. The van der Waals surface area contributed by atoms with E-state index in [0.717, 1.165) is 0 Å². The van der Waals surface area contributed by atoms with Gasteiger partial charge in [-0.3, -0.25) is 4.79 Å². The van der Waals surface area contributed by atoms with E-state index in [1.807, 2.05) is 13.8 Å². The molecule has 1 heterocycles. The SMILES string of the molecule is CC.CC(=O)C1(O)CCOCC1. The smallest absolute Gasteiger partial charge is 0.161 e. The van der Waals surface area contributed by atoms with Gasteiger partial charge in [-0.25, -0.2) is 0 Å². The van der Waals surface area contributed by atoms with Crippen LogP contribution in [0.1, 0.15) is 33.6 Å². The Balaban J connectivity index is 0.000000561. The van der Waals surface area contributed by atoms with E-state index in [9.17, 15) is 9.90 Å². The summed E-state index contributed by atoms with van der Waals surface area (Å²) in [4.78, 5) is 10.8. The Morgan fingerprint density at radius 3 is 2.00 bits per heavy atom. The first-order valence-corrected chi connectivity index (χ1v) is 4.46. The van der Waals surface area contributed by atoms with Crippen LogP contribution in [0.2, 0.25) is 0 Å². The topological polar surface area (TPSA) is 46.5 Å². The van der Waals surface area contributed by atoms with Gasteiger partial charge in [-0.1, -0.05) is 13.8 Å². The molecule has 72 valence electrons. The highest BCUT2D eigenvalue weighted by atomic mass is 16.5. The molecule has 0 radical (unpaired) electrons. The van der Waals surface area contributed by atoms with Crippen molar-refractivity contribution in [1.82, 2.24) is 0 Å². The van der Waals surface area contributed by atoms with E-state index in [1.54, 1.807) is 0 Å². The Kier molecular flexibility index (Phi) is 5.09. The molecular weight excluding hydrogens is 156 g/mol. The summed E-state index contributed by atoms with van der Waals surface area (Å²) >= 11 is 0. The molecule has 1 aliphatic rings. The Labute approximate surface area is 73.7 Å². The first-order chi connectivity index (χ1) is 5.65. The van der Waals surface area contributed by atoms with E-state index in [2.05, 4.69) is 0 Å². The van der Waals surface area contributed by atoms with Gasteiger partial charge in [-0.2, -0.15) is 0 Å². The molecular formula is C9H18O3. The van der Waals surface area contributed by atoms with Crippen LogP contribution in [-0.2, 0) is 9.53 Å². The maximum atomic E-state index is 10.8. The van der Waals surface area contributed by atoms with Crippen LogP contribution in [0.25, 0.3) is 0 Å². The van der Waals surface area contributed by atoms with Crippen molar-refractivity contribution in [3.8, 4) is 0 Å². The summed E-state index contributed by atoms with van der Waals surface area (Å²) in [5, 5.41) is 9.52. The molecule has 0 unspecified atom stereocenters. The molecule has 0 aromatic carbocycles. The number of rotatable bonds is 1. The summed E-state index contributed by atoms with van der Waals surface area (Å²) < 4.78 is 5.00. The van der Waals surface area contributed by atoms with E-state index in [0.29, 0.717) is 26.1 Å². The normalized spacial score (nSPS) is 20.7. The second-order valence-corrected chi connectivity index (χ2v) is 2.70. The van der Waals surface area contributed by atoms with Crippen molar-refractivity contribution >= 4 is 5.78 Å². The molecule has 0 aromatic rings. The highest BCUT2D eigenvalue weighted by Gasteiger charge is 2.34. The minimum atomic E-state index is -1.09. The fourth-order valence-corrected chi connectivity index (χ4v) is 1.06. The highest BCUT2D eigenvalue weighted by molar-refractivity contribution is 5.84. The second kappa shape index (κ2) is 5.27. The van der Waals surface area contributed by atoms with Gasteiger partial charge in [0.25, 0.3) is 0 Å². The first-order valence-electron chi connectivity index (χ1n) is 4.46. The number of aliphatic hydroxyl groups is 1. The van der Waals surface area contributed by atoms with Crippen molar-refractivity contribution in [2.24, 2.45) is 0 Å². The number of hydrogen-bond donors (Lipinski definition) is 1. The summed E-state index contributed by atoms with van der Waals surface area (Å²) in [6.07, 6.45) is 0.894. The van der Waals surface area contributed by atoms with E-state index >= 15 is 0 Å². The average Bonchev–Trinajstić information content (AvgIpc) is 2.09. The zero-order chi connectivity index (χ0) is 9.61. The van der Waals surface area contributed by atoms with Crippen molar-refractivity contribution in [2.45, 2.75) is 39.2 Å². The molecule has 0 aliphatic carbocycles. The van der Waals surface area contributed by atoms with Crippen molar-refractivity contribution in [2.75, 3.05) is 13.2 Å².